The number of amides is 1. The van der Waals surface area contributed by atoms with E-state index in [0.717, 1.165) is 24.0 Å². The van der Waals surface area contributed by atoms with Crippen LogP contribution in [0.15, 0.2) is 5.38 Å². The maximum atomic E-state index is 12.8. The second-order valence-corrected chi connectivity index (χ2v) is 9.37. The molecule has 132 valence electrons. The Hall–Kier alpha value is -0.940. The van der Waals surface area contributed by atoms with Gasteiger partial charge < -0.3 is 9.80 Å². The summed E-state index contributed by atoms with van der Waals surface area (Å²) in [6, 6.07) is 0. The Morgan fingerprint density at radius 3 is 2.88 bits per heavy atom. The van der Waals surface area contributed by atoms with Crippen LogP contribution in [0.2, 0.25) is 0 Å². The molecule has 1 amide bonds. The summed E-state index contributed by atoms with van der Waals surface area (Å²) in [6.07, 6.45) is 6.60. The van der Waals surface area contributed by atoms with Gasteiger partial charge in [0, 0.05) is 42.9 Å². The first-order valence-corrected chi connectivity index (χ1v) is 10.4. The third-order valence-corrected chi connectivity index (χ3v) is 7.06. The van der Waals surface area contributed by atoms with Crippen molar-refractivity contribution < 1.29 is 4.79 Å². The standard InChI is InChI=1S/C19H29N3OS/c1-14(2)17-20-16(11-24-17)18(23)22-9-7-19(13-22)6-3-8-21(12-19)10-15-4-5-15/h11,14-15H,3-10,12-13H2,1-2H3. The van der Waals surface area contributed by atoms with E-state index < -0.39 is 0 Å². The van der Waals surface area contributed by atoms with Gasteiger partial charge in [-0.1, -0.05) is 13.8 Å². The maximum Gasteiger partial charge on any atom is 0.273 e. The average molecular weight is 348 g/mol. The zero-order chi connectivity index (χ0) is 16.7. The number of piperidine rings is 1. The predicted molar refractivity (Wildman–Crippen MR) is 97.6 cm³/mol. The molecule has 0 bridgehead atoms. The number of aromatic nitrogens is 1. The summed E-state index contributed by atoms with van der Waals surface area (Å²) in [5.74, 6) is 1.51. The van der Waals surface area contributed by atoms with E-state index in [1.165, 1.54) is 51.7 Å². The van der Waals surface area contributed by atoms with Gasteiger partial charge in [0.05, 0.1) is 5.01 Å². The predicted octanol–water partition coefficient (Wildman–Crippen LogP) is 3.60. The van der Waals surface area contributed by atoms with Crippen molar-refractivity contribution in [3.63, 3.8) is 0 Å². The first-order valence-electron chi connectivity index (χ1n) is 9.52. The number of hydrogen-bond donors (Lipinski definition) is 0. The fourth-order valence-corrected chi connectivity index (χ4v) is 5.20. The SMILES string of the molecule is CC(C)c1nc(C(=O)N2CCC3(CCCN(CC4CC4)C3)C2)cs1. The molecule has 3 fully saturated rings. The van der Waals surface area contributed by atoms with Crippen LogP contribution in [0.5, 0.6) is 0 Å². The Morgan fingerprint density at radius 2 is 2.17 bits per heavy atom. The Bertz CT molecular complexity index is 610. The quantitative estimate of drug-likeness (QED) is 0.835. The molecule has 1 spiro atoms. The largest absolute Gasteiger partial charge is 0.337 e. The molecule has 0 N–H and O–H groups in total. The molecular formula is C19H29N3OS. The van der Waals surface area contributed by atoms with Gasteiger partial charge in [0.2, 0.25) is 0 Å². The first-order chi connectivity index (χ1) is 11.5. The van der Waals surface area contributed by atoms with Crippen molar-refractivity contribution in [3.05, 3.63) is 16.1 Å². The zero-order valence-corrected chi connectivity index (χ0v) is 15.8. The van der Waals surface area contributed by atoms with Crippen LogP contribution in [0.25, 0.3) is 0 Å². The van der Waals surface area contributed by atoms with Crippen molar-refractivity contribution in [2.24, 2.45) is 11.3 Å². The van der Waals surface area contributed by atoms with Crippen LogP contribution in [-0.2, 0) is 0 Å². The summed E-state index contributed by atoms with van der Waals surface area (Å²) in [5, 5.41) is 3.02. The van der Waals surface area contributed by atoms with Crippen molar-refractivity contribution in [1.29, 1.82) is 0 Å². The van der Waals surface area contributed by atoms with Crippen molar-refractivity contribution in [2.45, 2.75) is 51.9 Å². The molecule has 1 aromatic heterocycles. The lowest BCUT2D eigenvalue weighted by Gasteiger charge is -2.40. The third kappa shape index (κ3) is 3.38. The van der Waals surface area contributed by atoms with Gasteiger partial charge in [-0.3, -0.25) is 4.79 Å². The summed E-state index contributed by atoms with van der Waals surface area (Å²) in [4.78, 5) is 22.1. The van der Waals surface area contributed by atoms with E-state index in [2.05, 4.69) is 28.6 Å². The molecule has 24 heavy (non-hydrogen) atoms. The van der Waals surface area contributed by atoms with Gasteiger partial charge in [0.25, 0.3) is 5.91 Å². The van der Waals surface area contributed by atoms with E-state index in [1.807, 2.05) is 5.38 Å². The highest BCUT2D eigenvalue weighted by atomic mass is 32.1. The highest BCUT2D eigenvalue weighted by molar-refractivity contribution is 7.09. The minimum Gasteiger partial charge on any atom is -0.337 e. The minimum absolute atomic E-state index is 0.148. The minimum atomic E-state index is 0.148. The number of thiazole rings is 1. The van der Waals surface area contributed by atoms with E-state index in [1.54, 1.807) is 11.3 Å². The Kier molecular flexibility index (Phi) is 4.42. The van der Waals surface area contributed by atoms with E-state index in [9.17, 15) is 4.79 Å². The molecule has 2 saturated heterocycles. The molecule has 5 heteroatoms. The normalized spacial score (nSPS) is 28.2. The van der Waals surface area contributed by atoms with Crippen LogP contribution in [0, 0.1) is 11.3 Å². The smallest absolute Gasteiger partial charge is 0.273 e. The molecule has 1 aliphatic carbocycles. The summed E-state index contributed by atoms with van der Waals surface area (Å²) >= 11 is 1.62. The van der Waals surface area contributed by atoms with Crippen molar-refractivity contribution in [2.75, 3.05) is 32.7 Å². The highest BCUT2D eigenvalue weighted by Crippen LogP contribution is 2.41. The van der Waals surface area contributed by atoms with Crippen LogP contribution in [0.1, 0.15) is 67.4 Å². The zero-order valence-electron chi connectivity index (χ0n) is 15.0. The summed E-state index contributed by atoms with van der Waals surface area (Å²) in [7, 11) is 0. The van der Waals surface area contributed by atoms with Gasteiger partial charge in [-0.15, -0.1) is 11.3 Å². The molecule has 4 nitrogen and oxygen atoms in total. The van der Waals surface area contributed by atoms with Crippen molar-refractivity contribution in [1.82, 2.24) is 14.8 Å². The number of carbonyl (C=O) groups excluding carboxylic acids is 1. The van der Waals surface area contributed by atoms with E-state index >= 15 is 0 Å². The Balaban J connectivity index is 1.40. The molecule has 3 aliphatic rings. The summed E-state index contributed by atoms with van der Waals surface area (Å²) < 4.78 is 0. The molecule has 2 aliphatic heterocycles. The molecule has 3 heterocycles. The van der Waals surface area contributed by atoms with E-state index in [4.69, 9.17) is 0 Å². The molecule has 4 rings (SSSR count). The average Bonchev–Trinajstić information content (AvgIpc) is 3.09. The number of likely N-dealkylation sites (tertiary alicyclic amines) is 2. The second-order valence-electron chi connectivity index (χ2n) is 8.48. The number of carbonyl (C=O) groups is 1. The number of nitrogens with zero attached hydrogens (tertiary/aromatic N) is 3. The molecule has 1 unspecified atom stereocenters. The number of rotatable bonds is 4. The summed E-state index contributed by atoms with van der Waals surface area (Å²) in [5.41, 5.74) is 1.01. The first kappa shape index (κ1) is 16.5. The number of hydrogen-bond acceptors (Lipinski definition) is 4. The van der Waals surface area contributed by atoms with E-state index in [-0.39, 0.29) is 5.91 Å². The molecule has 1 aromatic rings. The lowest BCUT2D eigenvalue weighted by molar-refractivity contribution is 0.0677. The molecule has 1 saturated carbocycles. The fraction of sp³-hybridized carbons (Fsp3) is 0.789. The molecular weight excluding hydrogens is 318 g/mol. The van der Waals surface area contributed by atoms with Crippen LogP contribution >= 0.6 is 11.3 Å². The van der Waals surface area contributed by atoms with Gasteiger partial charge >= 0.3 is 0 Å². The lowest BCUT2D eigenvalue weighted by atomic mass is 9.79. The highest BCUT2D eigenvalue weighted by Gasteiger charge is 2.43. The Labute approximate surface area is 149 Å². The van der Waals surface area contributed by atoms with Crippen molar-refractivity contribution >= 4 is 17.2 Å². The van der Waals surface area contributed by atoms with Crippen molar-refractivity contribution in [3.8, 4) is 0 Å². The van der Waals surface area contributed by atoms with Crippen LogP contribution in [0.4, 0.5) is 0 Å². The van der Waals surface area contributed by atoms with Crippen LogP contribution < -0.4 is 0 Å². The van der Waals surface area contributed by atoms with Gasteiger partial charge in [-0.25, -0.2) is 4.98 Å². The molecule has 1 atom stereocenters. The third-order valence-electron chi connectivity index (χ3n) is 5.91. The maximum absolute atomic E-state index is 12.8. The van der Waals surface area contributed by atoms with E-state index in [0.29, 0.717) is 17.0 Å². The van der Waals surface area contributed by atoms with Crippen LogP contribution in [-0.4, -0.2) is 53.4 Å². The second kappa shape index (κ2) is 6.41. The fourth-order valence-electron chi connectivity index (χ4n) is 4.39. The van der Waals surface area contributed by atoms with Gasteiger partial charge in [-0.2, -0.15) is 0 Å². The molecule has 0 aromatic carbocycles. The monoisotopic (exact) mass is 347 g/mol. The van der Waals surface area contributed by atoms with Gasteiger partial charge in [-0.05, 0) is 44.6 Å². The topological polar surface area (TPSA) is 36.4 Å². The van der Waals surface area contributed by atoms with Crippen LogP contribution in [0.3, 0.4) is 0 Å². The van der Waals surface area contributed by atoms with Gasteiger partial charge in [0.1, 0.15) is 5.69 Å². The van der Waals surface area contributed by atoms with Gasteiger partial charge in [0.15, 0.2) is 0 Å². The molecule has 0 radical (unpaired) electrons. The Morgan fingerprint density at radius 1 is 1.33 bits per heavy atom. The lowest BCUT2D eigenvalue weighted by Crippen LogP contribution is -2.46. The summed E-state index contributed by atoms with van der Waals surface area (Å²) in [6.45, 7) is 9.85.